The first-order valence-electron chi connectivity index (χ1n) is 6.24. The summed E-state index contributed by atoms with van der Waals surface area (Å²) in [4.78, 5) is 2.48. The Kier molecular flexibility index (Phi) is 3.20. The van der Waals surface area contributed by atoms with E-state index in [-0.39, 0.29) is 5.54 Å². The first kappa shape index (κ1) is 11.5. The smallest absolute Gasteiger partial charge is 0.0398 e. The zero-order chi connectivity index (χ0) is 11.6. The minimum absolute atomic E-state index is 0.0393. The van der Waals surface area contributed by atoms with Crippen LogP contribution in [0, 0.1) is 0 Å². The molecule has 0 aliphatic carbocycles. The molecular weight excluding hydrogens is 196 g/mol. The van der Waals surface area contributed by atoms with Gasteiger partial charge < -0.3 is 10.6 Å². The molecule has 88 valence electrons. The van der Waals surface area contributed by atoms with Gasteiger partial charge in [-0.3, -0.25) is 0 Å². The number of rotatable bonds is 2. The van der Waals surface area contributed by atoms with Gasteiger partial charge in [-0.1, -0.05) is 25.1 Å². The highest BCUT2D eigenvalue weighted by Gasteiger charge is 2.26. The molecule has 0 bridgehead atoms. The number of anilines is 1. The minimum Gasteiger partial charge on any atom is -0.371 e. The standard InChI is InChI=1S/C14H22N2/c1-3-12-6-4-5-7-13(12)16-10-8-14(2,15)9-11-16/h4-7H,3,8-11,15H2,1-2H3. The van der Waals surface area contributed by atoms with Crippen molar-refractivity contribution in [3.05, 3.63) is 29.8 Å². The van der Waals surface area contributed by atoms with E-state index in [0.717, 1.165) is 32.4 Å². The SMILES string of the molecule is CCc1ccccc1N1CCC(C)(N)CC1. The van der Waals surface area contributed by atoms with Crippen molar-refractivity contribution >= 4 is 5.69 Å². The third-order valence-electron chi connectivity index (χ3n) is 3.62. The summed E-state index contributed by atoms with van der Waals surface area (Å²) < 4.78 is 0. The number of nitrogens with two attached hydrogens (primary N) is 1. The maximum atomic E-state index is 6.16. The van der Waals surface area contributed by atoms with E-state index in [1.807, 2.05) is 0 Å². The second-order valence-corrected chi connectivity index (χ2v) is 5.12. The topological polar surface area (TPSA) is 29.3 Å². The number of nitrogens with zero attached hydrogens (tertiary/aromatic N) is 1. The Morgan fingerprint density at radius 1 is 1.25 bits per heavy atom. The predicted molar refractivity (Wildman–Crippen MR) is 69.9 cm³/mol. The number of hydrogen-bond acceptors (Lipinski definition) is 2. The summed E-state index contributed by atoms with van der Waals surface area (Å²) in [6, 6.07) is 8.72. The average molecular weight is 218 g/mol. The molecular formula is C14H22N2. The number of para-hydroxylation sites is 1. The molecule has 2 rings (SSSR count). The lowest BCUT2D eigenvalue weighted by Gasteiger charge is -2.38. The largest absolute Gasteiger partial charge is 0.371 e. The van der Waals surface area contributed by atoms with E-state index < -0.39 is 0 Å². The number of benzene rings is 1. The van der Waals surface area contributed by atoms with Crippen LogP contribution >= 0.6 is 0 Å². The molecule has 1 aromatic carbocycles. The quantitative estimate of drug-likeness (QED) is 0.826. The second-order valence-electron chi connectivity index (χ2n) is 5.12. The highest BCUT2D eigenvalue weighted by atomic mass is 15.1. The van der Waals surface area contributed by atoms with E-state index in [4.69, 9.17) is 5.73 Å². The highest BCUT2D eigenvalue weighted by Crippen LogP contribution is 2.27. The van der Waals surface area contributed by atoms with E-state index in [1.165, 1.54) is 11.3 Å². The van der Waals surface area contributed by atoms with Gasteiger partial charge in [0.1, 0.15) is 0 Å². The van der Waals surface area contributed by atoms with Crippen LogP contribution in [0.2, 0.25) is 0 Å². The average Bonchev–Trinajstić information content (AvgIpc) is 2.29. The van der Waals surface area contributed by atoms with Gasteiger partial charge in [0, 0.05) is 24.3 Å². The number of aryl methyl sites for hydroxylation is 1. The van der Waals surface area contributed by atoms with Crippen LogP contribution in [0.1, 0.15) is 32.3 Å². The summed E-state index contributed by atoms with van der Waals surface area (Å²) in [6.07, 6.45) is 3.28. The van der Waals surface area contributed by atoms with Crippen molar-refractivity contribution < 1.29 is 0 Å². The Morgan fingerprint density at radius 2 is 1.88 bits per heavy atom. The molecule has 0 unspecified atom stereocenters. The summed E-state index contributed by atoms with van der Waals surface area (Å²) in [5.74, 6) is 0. The molecule has 1 heterocycles. The van der Waals surface area contributed by atoms with Crippen LogP contribution in [0.15, 0.2) is 24.3 Å². The maximum Gasteiger partial charge on any atom is 0.0398 e. The Morgan fingerprint density at radius 3 is 2.50 bits per heavy atom. The van der Waals surface area contributed by atoms with Crippen molar-refractivity contribution in [2.75, 3.05) is 18.0 Å². The summed E-state index contributed by atoms with van der Waals surface area (Å²) in [5, 5.41) is 0. The van der Waals surface area contributed by atoms with Crippen LogP contribution in [0.5, 0.6) is 0 Å². The zero-order valence-corrected chi connectivity index (χ0v) is 10.4. The number of piperidine rings is 1. The van der Waals surface area contributed by atoms with Gasteiger partial charge in [0.25, 0.3) is 0 Å². The van der Waals surface area contributed by atoms with Gasteiger partial charge in [-0.25, -0.2) is 0 Å². The third-order valence-corrected chi connectivity index (χ3v) is 3.62. The number of hydrogen-bond donors (Lipinski definition) is 1. The van der Waals surface area contributed by atoms with E-state index >= 15 is 0 Å². The molecule has 1 fully saturated rings. The Balaban J connectivity index is 2.14. The molecule has 0 atom stereocenters. The highest BCUT2D eigenvalue weighted by molar-refractivity contribution is 5.54. The van der Waals surface area contributed by atoms with E-state index in [9.17, 15) is 0 Å². The fourth-order valence-corrected chi connectivity index (χ4v) is 2.38. The van der Waals surface area contributed by atoms with Crippen molar-refractivity contribution in [2.45, 2.75) is 38.6 Å². The van der Waals surface area contributed by atoms with Crippen molar-refractivity contribution in [3.63, 3.8) is 0 Å². The van der Waals surface area contributed by atoms with Gasteiger partial charge in [0.05, 0.1) is 0 Å². The minimum atomic E-state index is 0.0393. The van der Waals surface area contributed by atoms with Crippen LogP contribution < -0.4 is 10.6 Å². The van der Waals surface area contributed by atoms with Gasteiger partial charge >= 0.3 is 0 Å². The molecule has 0 amide bonds. The summed E-state index contributed by atoms with van der Waals surface area (Å²) in [5.41, 5.74) is 9.05. The van der Waals surface area contributed by atoms with Crippen molar-refractivity contribution in [3.8, 4) is 0 Å². The molecule has 0 aromatic heterocycles. The monoisotopic (exact) mass is 218 g/mol. The fraction of sp³-hybridized carbons (Fsp3) is 0.571. The second kappa shape index (κ2) is 4.46. The van der Waals surface area contributed by atoms with Crippen LogP contribution in [0.25, 0.3) is 0 Å². The van der Waals surface area contributed by atoms with Gasteiger partial charge in [-0.2, -0.15) is 0 Å². The first-order valence-corrected chi connectivity index (χ1v) is 6.24. The summed E-state index contributed by atoms with van der Waals surface area (Å²) >= 11 is 0. The van der Waals surface area contributed by atoms with Gasteiger partial charge in [0.15, 0.2) is 0 Å². The predicted octanol–water partition coefficient (Wildman–Crippen LogP) is 2.57. The molecule has 1 aromatic rings. The van der Waals surface area contributed by atoms with E-state index in [2.05, 4.69) is 43.0 Å². The summed E-state index contributed by atoms with van der Waals surface area (Å²) in [6.45, 7) is 6.56. The maximum absolute atomic E-state index is 6.16. The lowest BCUT2D eigenvalue weighted by Crippen LogP contribution is -2.48. The molecule has 1 aliphatic heterocycles. The molecule has 2 heteroatoms. The van der Waals surface area contributed by atoms with Crippen molar-refractivity contribution in [1.29, 1.82) is 0 Å². The van der Waals surface area contributed by atoms with Crippen LogP contribution in [0.3, 0.4) is 0 Å². The zero-order valence-electron chi connectivity index (χ0n) is 10.4. The Bertz CT molecular complexity index is 348. The van der Waals surface area contributed by atoms with Crippen LogP contribution in [-0.2, 0) is 6.42 Å². The van der Waals surface area contributed by atoms with Crippen molar-refractivity contribution in [1.82, 2.24) is 0 Å². The van der Waals surface area contributed by atoms with Crippen molar-refractivity contribution in [2.24, 2.45) is 5.73 Å². The molecule has 2 N–H and O–H groups in total. The molecule has 0 spiro atoms. The third kappa shape index (κ3) is 2.38. The molecule has 0 radical (unpaired) electrons. The fourth-order valence-electron chi connectivity index (χ4n) is 2.38. The lowest BCUT2D eigenvalue weighted by atomic mass is 9.90. The first-order chi connectivity index (χ1) is 7.62. The molecule has 0 saturated carbocycles. The molecule has 1 saturated heterocycles. The normalized spacial score (nSPS) is 19.8. The summed E-state index contributed by atoms with van der Waals surface area (Å²) in [7, 11) is 0. The van der Waals surface area contributed by atoms with E-state index in [0.29, 0.717) is 0 Å². The molecule has 2 nitrogen and oxygen atoms in total. The Hall–Kier alpha value is -1.02. The van der Waals surface area contributed by atoms with Crippen LogP contribution in [-0.4, -0.2) is 18.6 Å². The van der Waals surface area contributed by atoms with E-state index in [1.54, 1.807) is 0 Å². The van der Waals surface area contributed by atoms with Gasteiger partial charge in [0.2, 0.25) is 0 Å². The molecule has 16 heavy (non-hydrogen) atoms. The van der Waals surface area contributed by atoms with Gasteiger partial charge in [-0.05, 0) is 37.8 Å². The van der Waals surface area contributed by atoms with Gasteiger partial charge in [-0.15, -0.1) is 0 Å². The molecule has 1 aliphatic rings. The van der Waals surface area contributed by atoms with Crippen LogP contribution in [0.4, 0.5) is 5.69 Å². The lowest BCUT2D eigenvalue weighted by molar-refractivity contribution is 0.364. The Labute approximate surface area is 98.4 Å².